The van der Waals surface area contributed by atoms with Crippen molar-refractivity contribution in [1.29, 1.82) is 0 Å². The van der Waals surface area contributed by atoms with E-state index < -0.39 is 0 Å². The van der Waals surface area contributed by atoms with Gasteiger partial charge in [0.15, 0.2) is 0 Å². The van der Waals surface area contributed by atoms with Crippen molar-refractivity contribution in [1.82, 2.24) is 9.80 Å². The van der Waals surface area contributed by atoms with Crippen LogP contribution < -0.4 is 0 Å². The highest BCUT2D eigenvalue weighted by Crippen LogP contribution is 2.11. The summed E-state index contributed by atoms with van der Waals surface area (Å²) < 4.78 is 12.9. The molecule has 0 aromatic heterocycles. The number of benzene rings is 2. The predicted molar refractivity (Wildman–Crippen MR) is 93.1 cm³/mol. The molecular formula is C20H23FN2O. The summed E-state index contributed by atoms with van der Waals surface area (Å²) in [5, 5.41) is 0. The van der Waals surface area contributed by atoms with E-state index in [-0.39, 0.29) is 11.7 Å². The van der Waals surface area contributed by atoms with Crippen LogP contribution in [0.3, 0.4) is 0 Å². The van der Waals surface area contributed by atoms with Crippen LogP contribution in [0.4, 0.5) is 4.39 Å². The molecule has 1 aliphatic rings. The quantitative estimate of drug-likeness (QED) is 0.862. The first-order valence-electron chi connectivity index (χ1n) is 8.40. The Bertz CT molecular complexity index is 674. The molecule has 0 atom stereocenters. The van der Waals surface area contributed by atoms with E-state index in [0.29, 0.717) is 6.42 Å². The Morgan fingerprint density at radius 2 is 1.50 bits per heavy atom. The van der Waals surface area contributed by atoms with Gasteiger partial charge in [0.05, 0.1) is 6.42 Å². The van der Waals surface area contributed by atoms with Crippen LogP contribution in [0.25, 0.3) is 0 Å². The van der Waals surface area contributed by atoms with E-state index in [1.54, 1.807) is 12.1 Å². The lowest BCUT2D eigenvalue weighted by Crippen LogP contribution is -2.48. The Kier molecular flexibility index (Phi) is 5.26. The number of hydrogen-bond acceptors (Lipinski definition) is 2. The molecule has 1 amide bonds. The summed E-state index contributed by atoms with van der Waals surface area (Å²) in [6, 6.07) is 14.8. The van der Waals surface area contributed by atoms with Crippen LogP contribution in [0.1, 0.15) is 16.7 Å². The highest BCUT2D eigenvalue weighted by molar-refractivity contribution is 5.78. The molecule has 1 fully saturated rings. The highest BCUT2D eigenvalue weighted by Gasteiger charge is 2.21. The topological polar surface area (TPSA) is 23.6 Å². The van der Waals surface area contributed by atoms with Crippen molar-refractivity contribution in [2.45, 2.75) is 19.9 Å². The third kappa shape index (κ3) is 4.42. The van der Waals surface area contributed by atoms with E-state index in [1.807, 2.05) is 4.90 Å². The van der Waals surface area contributed by atoms with Crippen molar-refractivity contribution in [3.8, 4) is 0 Å². The lowest BCUT2D eigenvalue weighted by Gasteiger charge is -2.34. The van der Waals surface area contributed by atoms with Crippen molar-refractivity contribution in [2.75, 3.05) is 26.2 Å². The van der Waals surface area contributed by atoms with Crippen molar-refractivity contribution in [3.63, 3.8) is 0 Å². The standard InChI is InChI=1S/C20H23FN2O/c1-16-2-4-18(5-3-16)15-22-10-12-23(13-11-22)20(24)14-17-6-8-19(21)9-7-17/h2-9H,10-15H2,1H3. The molecule has 3 nitrogen and oxygen atoms in total. The Hall–Kier alpha value is -2.20. The molecule has 0 N–H and O–H groups in total. The molecule has 0 unspecified atom stereocenters. The molecule has 126 valence electrons. The van der Waals surface area contributed by atoms with Gasteiger partial charge >= 0.3 is 0 Å². The first kappa shape index (κ1) is 16.7. The van der Waals surface area contributed by atoms with Crippen LogP contribution in [0.5, 0.6) is 0 Å². The van der Waals surface area contributed by atoms with Crippen LogP contribution >= 0.6 is 0 Å². The normalized spacial score (nSPS) is 15.5. The van der Waals surface area contributed by atoms with Gasteiger partial charge in [-0.1, -0.05) is 42.0 Å². The van der Waals surface area contributed by atoms with Gasteiger partial charge in [-0.25, -0.2) is 4.39 Å². The summed E-state index contributed by atoms with van der Waals surface area (Å²) in [6.45, 7) is 6.32. The van der Waals surface area contributed by atoms with E-state index >= 15 is 0 Å². The van der Waals surface area contributed by atoms with E-state index in [4.69, 9.17) is 0 Å². The molecule has 4 heteroatoms. The van der Waals surface area contributed by atoms with Crippen molar-refractivity contribution >= 4 is 5.91 Å². The maximum Gasteiger partial charge on any atom is 0.227 e. The zero-order valence-corrected chi connectivity index (χ0v) is 14.0. The van der Waals surface area contributed by atoms with Crippen LogP contribution in [0.15, 0.2) is 48.5 Å². The monoisotopic (exact) mass is 326 g/mol. The first-order chi connectivity index (χ1) is 11.6. The zero-order chi connectivity index (χ0) is 16.9. The van der Waals surface area contributed by atoms with Crippen LogP contribution in [0, 0.1) is 12.7 Å². The molecule has 0 spiro atoms. The Morgan fingerprint density at radius 3 is 2.12 bits per heavy atom. The van der Waals surface area contributed by atoms with Gasteiger partial charge in [0.1, 0.15) is 5.82 Å². The summed E-state index contributed by atoms with van der Waals surface area (Å²) >= 11 is 0. The van der Waals surface area contributed by atoms with E-state index in [0.717, 1.165) is 38.3 Å². The molecule has 0 bridgehead atoms. The summed E-state index contributed by atoms with van der Waals surface area (Å²) in [4.78, 5) is 16.7. The molecule has 2 aromatic rings. The largest absolute Gasteiger partial charge is 0.340 e. The zero-order valence-electron chi connectivity index (χ0n) is 14.0. The number of piperazine rings is 1. The second-order valence-electron chi connectivity index (χ2n) is 6.45. The Labute approximate surface area is 142 Å². The SMILES string of the molecule is Cc1ccc(CN2CCN(C(=O)Cc3ccc(F)cc3)CC2)cc1. The lowest BCUT2D eigenvalue weighted by molar-refractivity contribution is -0.132. The summed E-state index contributed by atoms with van der Waals surface area (Å²) in [6.07, 6.45) is 0.345. The minimum absolute atomic E-state index is 0.122. The molecule has 1 saturated heterocycles. The van der Waals surface area contributed by atoms with Gasteiger partial charge in [0.2, 0.25) is 5.91 Å². The first-order valence-corrected chi connectivity index (χ1v) is 8.40. The minimum Gasteiger partial charge on any atom is -0.340 e. The maximum absolute atomic E-state index is 12.9. The fraction of sp³-hybridized carbons (Fsp3) is 0.350. The number of nitrogens with zero attached hydrogens (tertiary/aromatic N) is 2. The average molecular weight is 326 g/mol. The van der Waals surface area contributed by atoms with Gasteiger partial charge in [-0.15, -0.1) is 0 Å². The van der Waals surface area contributed by atoms with Gasteiger partial charge < -0.3 is 4.90 Å². The van der Waals surface area contributed by atoms with Crippen LogP contribution in [0.2, 0.25) is 0 Å². The number of amides is 1. The smallest absolute Gasteiger partial charge is 0.227 e. The summed E-state index contributed by atoms with van der Waals surface area (Å²) in [5.41, 5.74) is 3.45. The Morgan fingerprint density at radius 1 is 0.917 bits per heavy atom. The van der Waals surface area contributed by atoms with Crippen molar-refractivity contribution in [2.24, 2.45) is 0 Å². The van der Waals surface area contributed by atoms with Gasteiger partial charge in [0.25, 0.3) is 0 Å². The van der Waals surface area contributed by atoms with Crippen molar-refractivity contribution in [3.05, 3.63) is 71.0 Å². The van der Waals surface area contributed by atoms with E-state index in [9.17, 15) is 9.18 Å². The van der Waals surface area contributed by atoms with Gasteiger partial charge in [-0.05, 0) is 30.2 Å². The summed E-state index contributed by atoms with van der Waals surface area (Å²) in [7, 11) is 0. The minimum atomic E-state index is -0.268. The molecular weight excluding hydrogens is 303 g/mol. The third-order valence-electron chi connectivity index (χ3n) is 4.52. The van der Waals surface area contributed by atoms with Crippen LogP contribution in [-0.4, -0.2) is 41.9 Å². The number of carbonyl (C=O) groups excluding carboxylic acids is 1. The number of carbonyl (C=O) groups is 1. The second kappa shape index (κ2) is 7.58. The molecule has 0 aliphatic carbocycles. The Balaban J connectivity index is 1.48. The average Bonchev–Trinajstić information content (AvgIpc) is 2.59. The number of halogens is 1. The van der Waals surface area contributed by atoms with E-state index in [1.165, 1.54) is 23.3 Å². The number of rotatable bonds is 4. The lowest BCUT2D eigenvalue weighted by atomic mass is 10.1. The summed E-state index contributed by atoms with van der Waals surface area (Å²) in [5.74, 6) is -0.146. The highest BCUT2D eigenvalue weighted by atomic mass is 19.1. The molecule has 24 heavy (non-hydrogen) atoms. The fourth-order valence-corrected chi connectivity index (χ4v) is 3.00. The molecule has 1 heterocycles. The fourth-order valence-electron chi connectivity index (χ4n) is 3.00. The molecule has 3 rings (SSSR count). The third-order valence-corrected chi connectivity index (χ3v) is 4.52. The van der Waals surface area contributed by atoms with Crippen molar-refractivity contribution < 1.29 is 9.18 Å². The molecule has 0 radical (unpaired) electrons. The molecule has 2 aromatic carbocycles. The maximum atomic E-state index is 12.9. The molecule has 0 saturated carbocycles. The number of hydrogen-bond donors (Lipinski definition) is 0. The number of aryl methyl sites for hydroxylation is 1. The van der Waals surface area contributed by atoms with Gasteiger partial charge in [-0.2, -0.15) is 0 Å². The van der Waals surface area contributed by atoms with E-state index in [2.05, 4.69) is 36.1 Å². The van der Waals surface area contributed by atoms with Gasteiger partial charge in [0, 0.05) is 32.7 Å². The second-order valence-corrected chi connectivity index (χ2v) is 6.45. The van der Waals surface area contributed by atoms with Crippen LogP contribution in [-0.2, 0) is 17.8 Å². The van der Waals surface area contributed by atoms with Gasteiger partial charge in [-0.3, -0.25) is 9.69 Å². The molecule has 1 aliphatic heterocycles. The predicted octanol–water partition coefficient (Wildman–Crippen LogP) is 3.02.